The van der Waals surface area contributed by atoms with Gasteiger partial charge in [-0.2, -0.15) is 0 Å². The maximum Gasteiger partial charge on any atom is 0.338 e. The summed E-state index contributed by atoms with van der Waals surface area (Å²) >= 11 is 5.73. The van der Waals surface area contributed by atoms with Gasteiger partial charge in [0, 0.05) is 6.20 Å². The van der Waals surface area contributed by atoms with E-state index in [1.54, 1.807) is 18.2 Å². The minimum absolute atomic E-state index is 0.0158. The third kappa shape index (κ3) is 4.31. The smallest absolute Gasteiger partial charge is 0.338 e. The van der Waals surface area contributed by atoms with Crippen LogP contribution in [-0.4, -0.2) is 40.2 Å². The van der Waals surface area contributed by atoms with Crippen LogP contribution in [0.1, 0.15) is 36.8 Å². The largest absolute Gasteiger partial charge is 0.467 e. The average Bonchev–Trinajstić information content (AvgIpc) is 3.36. The van der Waals surface area contributed by atoms with Crippen molar-refractivity contribution >= 4 is 41.1 Å². The maximum atomic E-state index is 12.6. The molecule has 0 fully saturated rings. The van der Waals surface area contributed by atoms with Gasteiger partial charge in [-0.05, 0) is 42.5 Å². The first-order valence-corrected chi connectivity index (χ1v) is 9.41. The zero-order chi connectivity index (χ0) is 22.0. The summed E-state index contributed by atoms with van der Waals surface area (Å²) in [5.41, 5.74) is 0.303. The van der Waals surface area contributed by atoms with E-state index in [1.165, 1.54) is 36.7 Å². The van der Waals surface area contributed by atoms with Gasteiger partial charge in [-0.1, -0.05) is 11.6 Å². The fourth-order valence-corrected chi connectivity index (χ4v) is 3.07. The zero-order valence-corrected chi connectivity index (χ0v) is 16.6. The van der Waals surface area contributed by atoms with Crippen LogP contribution in [0.4, 0.5) is 5.82 Å². The summed E-state index contributed by atoms with van der Waals surface area (Å²) < 4.78 is 10.2. The molecule has 1 aliphatic heterocycles. The minimum Gasteiger partial charge on any atom is -0.467 e. The number of nitrogens with zero attached hydrogens (tertiary/aromatic N) is 2. The van der Waals surface area contributed by atoms with E-state index in [0.29, 0.717) is 10.8 Å². The number of amides is 3. The summed E-state index contributed by atoms with van der Waals surface area (Å²) in [6.07, 6.45) is 2.81. The standard InChI is InChI=1S/C21H14ClN3O6/c22-13-4-6-17(23-9-13)24-18(26)11-31-21(29)12-3-5-15-16(8-12)20(28)25(19(15)27)10-14-2-1-7-30-14/h1-9H,10-11H2,(H,23,24,26). The van der Waals surface area contributed by atoms with Crippen LogP contribution in [0.25, 0.3) is 0 Å². The molecule has 0 saturated carbocycles. The predicted octanol–water partition coefficient (Wildman–Crippen LogP) is 2.92. The minimum atomic E-state index is -0.813. The van der Waals surface area contributed by atoms with Crippen LogP contribution >= 0.6 is 11.6 Å². The molecule has 3 aromatic rings. The number of halogens is 1. The van der Waals surface area contributed by atoms with Gasteiger partial charge in [-0.15, -0.1) is 0 Å². The number of carbonyl (C=O) groups excluding carboxylic acids is 4. The van der Waals surface area contributed by atoms with Crippen molar-refractivity contribution in [3.05, 3.63) is 82.4 Å². The van der Waals surface area contributed by atoms with Crippen LogP contribution < -0.4 is 5.32 Å². The lowest BCUT2D eigenvalue weighted by atomic mass is 10.1. The van der Waals surface area contributed by atoms with Crippen LogP contribution in [0.5, 0.6) is 0 Å². The van der Waals surface area contributed by atoms with Gasteiger partial charge in [-0.3, -0.25) is 19.3 Å². The average molecular weight is 440 g/mol. The quantitative estimate of drug-likeness (QED) is 0.463. The number of rotatable bonds is 6. The fourth-order valence-electron chi connectivity index (χ4n) is 2.96. The number of nitrogens with one attached hydrogen (secondary N) is 1. The van der Waals surface area contributed by atoms with Gasteiger partial charge in [-0.25, -0.2) is 9.78 Å². The van der Waals surface area contributed by atoms with Crippen molar-refractivity contribution in [1.29, 1.82) is 0 Å². The summed E-state index contributed by atoms with van der Waals surface area (Å²) in [6, 6.07) is 10.4. The number of furan rings is 1. The Morgan fingerprint density at radius 1 is 1.10 bits per heavy atom. The number of benzene rings is 1. The van der Waals surface area contributed by atoms with E-state index in [-0.39, 0.29) is 29.1 Å². The summed E-state index contributed by atoms with van der Waals surface area (Å²) in [6.45, 7) is -0.574. The Labute approximate surface area is 180 Å². The molecule has 1 N–H and O–H groups in total. The van der Waals surface area contributed by atoms with E-state index >= 15 is 0 Å². The second-order valence-electron chi connectivity index (χ2n) is 6.52. The number of fused-ring (bicyclic) bond motifs is 1. The lowest BCUT2D eigenvalue weighted by Gasteiger charge is -2.11. The summed E-state index contributed by atoms with van der Waals surface area (Å²) in [5, 5.41) is 2.87. The summed E-state index contributed by atoms with van der Waals surface area (Å²) in [4.78, 5) is 54.3. The van der Waals surface area contributed by atoms with E-state index < -0.39 is 30.3 Å². The molecule has 2 aromatic heterocycles. The number of carbonyl (C=O) groups is 4. The van der Waals surface area contributed by atoms with Gasteiger partial charge >= 0.3 is 5.97 Å². The molecule has 0 aliphatic carbocycles. The second kappa shape index (κ2) is 8.41. The van der Waals surface area contributed by atoms with E-state index in [2.05, 4.69) is 10.3 Å². The molecular formula is C21H14ClN3O6. The Morgan fingerprint density at radius 3 is 2.61 bits per heavy atom. The highest BCUT2D eigenvalue weighted by molar-refractivity contribution is 6.30. The van der Waals surface area contributed by atoms with Crippen LogP contribution in [0.2, 0.25) is 5.02 Å². The van der Waals surface area contributed by atoms with E-state index in [0.717, 1.165) is 4.90 Å². The van der Waals surface area contributed by atoms with Crippen molar-refractivity contribution in [2.24, 2.45) is 0 Å². The lowest BCUT2D eigenvalue weighted by molar-refractivity contribution is -0.119. The number of pyridine rings is 1. The normalized spacial score (nSPS) is 12.6. The van der Waals surface area contributed by atoms with Gasteiger partial charge in [0.05, 0.1) is 34.5 Å². The third-order valence-corrected chi connectivity index (χ3v) is 4.65. The SMILES string of the molecule is O=C(COC(=O)c1ccc2c(c1)C(=O)N(Cc1ccco1)C2=O)Nc1ccc(Cl)cn1. The molecule has 0 unspecified atom stereocenters. The van der Waals surface area contributed by atoms with Gasteiger partial charge in [0.1, 0.15) is 11.6 Å². The van der Waals surface area contributed by atoms with E-state index in [4.69, 9.17) is 20.8 Å². The van der Waals surface area contributed by atoms with Crippen molar-refractivity contribution < 1.29 is 28.3 Å². The molecule has 0 spiro atoms. The first-order chi connectivity index (χ1) is 14.9. The molecular weight excluding hydrogens is 426 g/mol. The Hall–Kier alpha value is -3.98. The van der Waals surface area contributed by atoms with Gasteiger partial charge in [0.2, 0.25) is 0 Å². The van der Waals surface area contributed by atoms with Crippen LogP contribution in [0, 0.1) is 0 Å². The molecule has 9 nitrogen and oxygen atoms in total. The molecule has 0 radical (unpaired) electrons. The van der Waals surface area contributed by atoms with Crippen LogP contribution in [-0.2, 0) is 16.1 Å². The molecule has 0 bridgehead atoms. The highest BCUT2D eigenvalue weighted by Crippen LogP contribution is 2.26. The Kier molecular flexibility index (Phi) is 5.50. The molecule has 1 aromatic carbocycles. The van der Waals surface area contributed by atoms with Gasteiger partial charge < -0.3 is 14.5 Å². The first-order valence-electron chi connectivity index (χ1n) is 9.03. The summed E-state index contributed by atoms with van der Waals surface area (Å²) in [5.74, 6) is -1.73. The molecule has 0 atom stereocenters. The Balaban J connectivity index is 1.40. The van der Waals surface area contributed by atoms with E-state index in [1.807, 2.05) is 0 Å². The van der Waals surface area contributed by atoms with Gasteiger partial charge in [0.25, 0.3) is 17.7 Å². The highest BCUT2D eigenvalue weighted by Gasteiger charge is 2.36. The summed E-state index contributed by atoms with van der Waals surface area (Å²) in [7, 11) is 0. The predicted molar refractivity (Wildman–Crippen MR) is 108 cm³/mol. The van der Waals surface area contributed by atoms with Crippen LogP contribution in [0.3, 0.4) is 0 Å². The maximum absolute atomic E-state index is 12.6. The van der Waals surface area contributed by atoms with E-state index in [9.17, 15) is 19.2 Å². The topological polar surface area (TPSA) is 119 Å². The van der Waals surface area contributed by atoms with Crippen molar-refractivity contribution in [3.63, 3.8) is 0 Å². The van der Waals surface area contributed by atoms with Crippen molar-refractivity contribution in [1.82, 2.24) is 9.88 Å². The fraction of sp³-hybridized carbons (Fsp3) is 0.0952. The Morgan fingerprint density at radius 2 is 1.90 bits per heavy atom. The number of hydrogen-bond acceptors (Lipinski definition) is 7. The van der Waals surface area contributed by atoms with Gasteiger partial charge in [0.15, 0.2) is 6.61 Å². The molecule has 10 heteroatoms. The molecule has 1 aliphatic rings. The number of esters is 1. The number of aromatic nitrogens is 1. The van der Waals surface area contributed by atoms with Crippen molar-refractivity contribution in [2.75, 3.05) is 11.9 Å². The highest BCUT2D eigenvalue weighted by atomic mass is 35.5. The third-order valence-electron chi connectivity index (χ3n) is 4.43. The van der Waals surface area contributed by atoms with Crippen molar-refractivity contribution in [3.8, 4) is 0 Å². The Bertz CT molecular complexity index is 1170. The number of ether oxygens (including phenoxy) is 1. The molecule has 3 amide bonds. The first kappa shape index (κ1) is 20.3. The second-order valence-corrected chi connectivity index (χ2v) is 6.96. The molecule has 31 heavy (non-hydrogen) atoms. The molecule has 0 saturated heterocycles. The molecule has 4 rings (SSSR count). The number of imide groups is 1. The molecule has 156 valence electrons. The van der Waals surface area contributed by atoms with Crippen LogP contribution in [0.15, 0.2) is 59.3 Å². The zero-order valence-electron chi connectivity index (χ0n) is 15.8. The lowest BCUT2D eigenvalue weighted by Crippen LogP contribution is -2.28. The molecule has 3 heterocycles. The number of anilines is 1. The van der Waals surface area contributed by atoms with Crippen molar-refractivity contribution in [2.45, 2.75) is 6.54 Å². The number of hydrogen-bond donors (Lipinski definition) is 1. The monoisotopic (exact) mass is 439 g/mol.